The van der Waals surface area contributed by atoms with E-state index in [1.54, 1.807) is 12.1 Å². The fourth-order valence-corrected chi connectivity index (χ4v) is 3.04. The van der Waals surface area contributed by atoms with Gasteiger partial charge in [-0.3, -0.25) is 0 Å². The molecule has 5 heteroatoms. The van der Waals surface area contributed by atoms with E-state index in [2.05, 4.69) is 55.9 Å². The number of hydrogen-bond acceptors (Lipinski definition) is 1. The van der Waals surface area contributed by atoms with Crippen LogP contribution in [0.5, 0.6) is 0 Å². The molecule has 2 rings (SSSR count). The van der Waals surface area contributed by atoms with Crippen LogP contribution in [0.4, 0.5) is 4.39 Å². The fraction of sp³-hybridized carbons (Fsp3) is 0.381. The summed E-state index contributed by atoms with van der Waals surface area (Å²) >= 11 is 5.47. The minimum absolute atomic E-state index is 0.184. The zero-order valence-corrected chi connectivity index (χ0v) is 16.6. The van der Waals surface area contributed by atoms with Gasteiger partial charge in [0.15, 0.2) is 5.11 Å². The Morgan fingerprint density at radius 3 is 2.46 bits per heavy atom. The lowest BCUT2D eigenvalue weighted by atomic mass is 9.97. The lowest BCUT2D eigenvalue weighted by molar-refractivity contribution is -0.858. The van der Waals surface area contributed by atoms with E-state index in [1.807, 2.05) is 6.07 Å². The van der Waals surface area contributed by atoms with E-state index in [1.165, 1.54) is 16.5 Å². The van der Waals surface area contributed by atoms with Gasteiger partial charge >= 0.3 is 0 Å². The summed E-state index contributed by atoms with van der Waals surface area (Å²) in [6.07, 6.45) is 2.03. The van der Waals surface area contributed by atoms with Gasteiger partial charge in [0.1, 0.15) is 5.82 Å². The van der Waals surface area contributed by atoms with Crippen LogP contribution in [0.25, 0.3) is 0 Å². The molecule has 0 unspecified atom stereocenters. The van der Waals surface area contributed by atoms with Crippen molar-refractivity contribution in [2.75, 3.05) is 27.2 Å². The van der Waals surface area contributed by atoms with Gasteiger partial charge in [0, 0.05) is 13.0 Å². The summed E-state index contributed by atoms with van der Waals surface area (Å²) in [5, 5.41) is 7.20. The molecule has 0 saturated carbocycles. The Balaban J connectivity index is 2.11. The van der Waals surface area contributed by atoms with Gasteiger partial charge in [0.2, 0.25) is 0 Å². The third-order valence-corrected chi connectivity index (χ3v) is 4.58. The third kappa shape index (κ3) is 6.39. The molecule has 26 heavy (non-hydrogen) atoms. The Bertz CT molecular complexity index is 701. The number of quaternary nitrogens is 1. The molecule has 0 amide bonds. The van der Waals surface area contributed by atoms with Crippen LogP contribution in [0.1, 0.15) is 36.1 Å². The number of halogens is 1. The maximum absolute atomic E-state index is 13.7. The average Bonchev–Trinajstić information content (AvgIpc) is 2.63. The monoisotopic (exact) mass is 374 g/mol. The zero-order valence-electron chi connectivity index (χ0n) is 15.8. The first-order valence-electron chi connectivity index (χ1n) is 9.17. The molecule has 2 aromatic carbocycles. The van der Waals surface area contributed by atoms with Crippen molar-refractivity contribution in [2.45, 2.75) is 25.8 Å². The van der Waals surface area contributed by atoms with Crippen LogP contribution in [0.15, 0.2) is 48.5 Å². The lowest BCUT2D eigenvalue weighted by Gasteiger charge is -2.22. The van der Waals surface area contributed by atoms with Crippen LogP contribution < -0.4 is 15.5 Å². The van der Waals surface area contributed by atoms with Gasteiger partial charge in [0.05, 0.1) is 26.7 Å². The molecule has 0 aliphatic rings. The molecule has 0 saturated heterocycles. The van der Waals surface area contributed by atoms with E-state index in [9.17, 15) is 4.39 Å². The van der Waals surface area contributed by atoms with Crippen molar-refractivity contribution in [1.29, 1.82) is 0 Å². The summed E-state index contributed by atoms with van der Waals surface area (Å²) in [5.41, 5.74) is 3.20. The topological polar surface area (TPSA) is 28.5 Å². The van der Waals surface area contributed by atoms with Crippen LogP contribution in [0.2, 0.25) is 0 Å². The molecule has 1 atom stereocenters. The Hall–Kier alpha value is -1.98. The predicted molar refractivity (Wildman–Crippen MR) is 110 cm³/mol. The lowest BCUT2D eigenvalue weighted by Crippen LogP contribution is -3.05. The standard InChI is InChI=1S/C21H28FN3S/c1-4-16-9-11-17(12-10-16)20(18-7-5-8-19(22)15-18)24-21(26)23-13-6-14-25(2)3/h5,7-12,15,20H,4,6,13-14H2,1-3H3,(H2,23,24,26)/p+1/t20-/m1/s1. The largest absolute Gasteiger partial charge is 0.362 e. The van der Waals surface area contributed by atoms with Crippen molar-refractivity contribution >= 4 is 17.3 Å². The number of rotatable bonds is 8. The molecule has 0 radical (unpaired) electrons. The van der Waals surface area contributed by atoms with Gasteiger partial charge in [-0.05, 0) is 47.5 Å². The molecule has 0 aromatic heterocycles. The molecule has 2 aromatic rings. The Labute approximate surface area is 161 Å². The first-order chi connectivity index (χ1) is 12.5. The minimum Gasteiger partial charge on any atom is -0.362 e. The molecule has 0 fully saturated rings. The number of nitrogens with one attached hydrogen (secondary N) is 3. The summed E-state index contributed by atoms with van der Waals surface area (Å²) in [6.45, 7) is 4.04. The maximum Gasteiger partial charge on any atom is 0.167 e. The van der Waals surface area contributed by atoms with Gasteiger partial charge in [-0.2, -0.15) is 0 Å². The Kier molecular flexibility index (Phi) is 8.01. The molecule has 0 aliphatic carbocycles. The number of hydrogen-bond donors (Lipinski definition) is 3. The van der Waals surface area contributed by atoms with Gasteiger partial charge < -0.3 is 15.5 Å². The van der Waals surface area contributed by atoms with Crippen molar-refractivity contribution in [2.24, 2.45) is 0 Å². The van der Waals surface area contributed by atoms with E-state index in [-0.39, 0.29) is 11.9 Å². The van der Waals surface area contributed by atoms with Gasteiger partial charge in [-0.25, -0.2) is 4.39 Å². The quantitative estimate of drug-likeness (QED) is 0.490. The number of thiocarbonyl (C=S) groups is 1. The average molecular weight is 375 g/mol. The van der Waals surface area contributed by atoms with Crippen LogP contribution >= 0.6 is 12.2 Å². The second kappa shape index (κ2) is 10.2. The van der Waals surface area contributed by atoms with Crippen LogP contribution in [-0.2, 0) is 6.42 Å². The predicted octanol–water partition coefficient (Wildman–Crippen LogP) is 2.48. The summed E-state index contributed by atoms with van der Waals surface area (Å²) in [6, 6.07) is 14.9. The van der Waals surface area contributed by atoms with E-state index in [0.29, 0.717) is 5.11 Å². The molecule has 0 heterocycles. The first-order valence-corrected chi connectivity index (χ1v) is 9.58. The molecule has 0 bridgehead atoms. The summed E-state index contributed by atoms with van der Waals surface area (Å²) in [5.74, 6) is -0.243. The van der Waals surface area contributed by atoms with Crippen molar-refractivity contribution in [3.05, 3.63) is 71.0 Å². The van der Waals surface area contributed by atoms with Gasteiger partial charge in [0.25, 0.3) is 0 Å². The number of benzene rings is 2. The van der Waals surface area contributed by atoms with Crippen LogP contribution in [-0.4, -0.2) is 32.3 Å². The fourth-order valence-electron chi connectivity index (χ4n) is 2.82. The van der Waals surface area contributed by atoms with Gasteiger partial charge in [-0.15, -0.1) is 0 Å². The van der Waals surface area contributed by atoms with E-state index in [4.69, 9.17) is 12.2 Å². The van der Waals surface area contributed by atoms with Crippen molar-refractivity contribution in [1.82, 2.24) is 10.6 Å². The van der Waals surface area contributed by atoms with E-state index < -0.39 is 0 Å². The molecule has 0 spiro atoms. The maximum atomic E-state index is 13.7. The number of aryl methyl sites for hydroxylation is 1. The van der Waals surface area contributed by atoms with Crippen LogP contribution in [0, 0.1) is 5.82 Å². The Morgan fingerprint density at radius 1 is 1.12 bits per heavy atom. The highest BCUT2D eigenvalue weighted by molar-refractivity contribution is 7.80. The summed E-state index contributed by atoms with van der Waals surface area (Å²) in [4.78, 5) is 1.42. The zero-order chi connectivity index (χ0) is 18.9. The van der Waals surface area contributed by atoms with Crippen molar-refractivity contribution in [3.8, 4) is 0 Å². The summed E-state index contributed by atoms with van der Waals surface area (Å²) in [7, 11) is 4.27. The third-order valence-electron chi connectivity index (χ3n) is 4.32. The minimum atomic E-state index is -0.243. The van der Waals surface area contributed by atoms with Gasteiger partial charge in [-0.1, -0.05) is 43.3 Å². The van der Waals surface area contributed by atoms with Crippen LogP contribution in [0.3, 0.4) is 0 Å². The SMILES string of the molecule is CCc1ccc([C@@H](NC(=S)NCCC[NH+](C)C)c2cccc(F)c2)cc1. The molecule has 3 nitrogen and oxygen atoms in total. The van der Waals surface area contributed by atoms with E-state index in [0.717, 1.165) is 37.1 Å². The normalized spacial score (nSPS) is 12.0. The molecule has 3 N–H and O–H groups in total. The van der Waals surface area contributed by atoms with Crippen molar-refractivity contribution in [3.63, 3.8) is 0 Å². The highest BCUT2D eigenvalue weighted by Gasteiger charge is 2.16. The highest BCUT2D eigenvalue weighted by Crippen LogP contribution is 2.23. The molecule has 140 valence electrons. The van der Waals surface area contributed by atoms with E-state index >= 15 is 0 Å². The highest BCUT2D eigenvalue weighted by atomic mass is 32.1. The molecule has 0 aliphatic heterocycles. The Morgan fingerprint density at radius 2 is 1.85 bits per heavy atom. The molecular weight excluding hydrogens is 345 g/mol. The second-order valence-corrected chi connectivity index (χ2v) is 7.20. The smallest absolute Gasteiger partial charge is 0.167 e. The molecular formula is C21H29FN3S+. The summed E-state index contributed by atoms with van der Waals surface area (Å²) < 4.78 is 13.7. The first kappa shape index (κ1) is 20.3. The van der Waals surface area contributed by atoms with Crippen molar-refractivity contribution < 1.29 is 9.29 Å². The second-order valence-electron chi connectivity index (χ2n) is 6.79.